The second-order valence-electron chi connectivity index (χ2n) is 4.86. The first-order valence-electron chi connectivity index (χ1n) is 7.26. The molecule has 2 rings (SSSR count). The van der Waals surface area contributed by atoms with Crippen molar-refractivity contribution in [3.05, 3.63) is 35.9 Å². The standard InChI is InChI=1S/C18H18N2O5/c1-22-15-6-5-13(7-12(15)10-19)20(11-21)14-8-16(23-2)18(25-4)17(9-14)24-3/h5-9,11H,1-4H3. The highest BCUT2D eigenvalue weighted by Gasteiger charge is 2.18. The van der Waals surface area contributed by atoms with E-state index in [-0.39, 0.29) is 0 Å². The molecule has 0 heterocycles. The van der Waals surface area contributed by atoms with Crippen LogP contribution in [-0.2, 0) is 4.79 Å². The lowest BCUT2D eigenvalue weighted by Gasteiger charge is -2.21. The highest BCUT2D eigenvalue weighted by molar-refractivity contribution is 5.88. The molecule has 130 valence electrons. The molecular weight excluding hydrogens is 324 g/mol. The summed E-state index contributed by atoms with van der Waals surface area (Å²) in [7, 11) is 5.97. The summed E-state index contributed by atoms with van der Waals surface area (Å²) in [6.45, 7) is 0. The minimum Gasteiger partial charge on any atom is -0.495 e. The maximum Gasteiger partial charge on any atom is 0.218 e. The van der Waals surface area contributed by atoms with E-state index < -0.39 is 0 Å². The first-order valence-corrected chi connectivity index (χ1v) is 7.26. The number of nitriles is 1. The third kappa shape index (κ3) is 3.43. The summed E-state index contributed by atoms with van der Waals surface area (Å²) in [5.74, 6) is 1.68. The molecule has 0 aromatic heterocycles. The summed E-state index contributed by atoms with van der Waals surface area (Å²) in [5, 5.41) is 9.24. The van der Waals surface area contributed by atoms with Crippen LogP contribution in [0, 0.1) is 11.3 Å². The number of anilines is 2. The van der Waals surface area contributed by atoms with Gasteiger partial charge in [-0.25, -0.2) is 0 Å². The Balaban J connectivity index is 2.58. The highest BCUT2D eigenvalue weighted by Crippen LogP contribution is 2.42. The predicted octanol–water partition coefficient (Wildman–Crippen LogP) is 2.89. The Morgan fingerprint density at radius 1 is 0.880 bits per heavy atom. The summed E-state index contributed by atoms with van der Waals surface area (Å²) >= 11 is 0. The fourth-order valence-electron chi connectivity index (χ4n) is 2.41. The van der Waals surface area contributed by atoms with Crippen molar-refractivity contribution in [3.63, 3.8) is 0 Å². The number of methoxy groups -OCH3 is 4. The quantitative estimate of drug-likeness (QED) is 0.720. The SMILES string of the molecule is COc1ccc(N(C=O)c2cc(OC)c(OC)c(OC)c2)cc1C#N. The van der Waals surface area contributed by atoms with Crippen LogP contribution in [0.3, 0.4) is 0 Å². The van der Waals surface area contributed by atoms with Crippen molar-refractivity contribution in [2.45, 2.75) is 0 Å². The number of nitrogens with zero attached hydrogens (tertiary/aromatic N) is 2. The molecule has 0 fully saturated rings. The van der Waals surface area contributed by atoms with E-state index in [9.17, 15) is 10.1 Å². The fourth-order valence-corrected chi connectivity index (χ4v) is 2.41. The molecule has 0 saturated carbocycles. The lowest BCUT2D eigenvalue weighted by atomic mass is 10.1. The molecule has 2 aromatic carbocycles. The van der Waals surface area contributed by atoms with E-state index in [2.05, 4.69) is 0 Å². The molecule has 0 N–H and O–H groups in total. The molecular formula is C18H18N2O5. The van der Waals surface area contributed by atoms with Crippen molar-refractivity contribution >= 4 is 17.8 Å². The number of amides is 1. The van der Waals surface area contributed by atoms with Gasteiger partial charge in [0.2, 0.25) is 12.2 Å². The number of carbonyl (C=O) groups excluding carboxylic acids is 1. The van der Waals surface area contributed by atoms with Gasteiger partial charge in [-0.3, -0.25) is 9.69 Å². The molecule has 0 radical (unpaired) electrons. The predicted molar refractivity (Wildman–Crippen MR) is 92.0 cm³/mol. The van der Waals surface area contributed by atoms with Crippen molar-refractivity contribution in [1.29, 1.82) is 5.26 Å². The van der Waals surface area contributed by atoms with Crippen molar-refractivity contribution in [2.24, 2.45) is 0 Å². The topological polar surface area (TPSA) is 81.0 Å². The lowest BCUT2D eigenvalue weighted by molar-refractivity contribution is -0.106. The normalized spacial score (nSPS) is 9.72. The third-order valence-electron chi connectivity index (χ3n) is 3.61. The van der Waals surface area contributed by atoms with E-state index in [0.717, 1.165) is 0 Å². The average molecular weight is 342 g/mol. The highest BCUT2D eigenvalue weighted by atomic mass is 16.5. The Labute approximate surface area is 145 Å². The van der Waals surface area contributed by atoms with Gasteiger partial charge in [0.1, 0.15) is 11.8 Å². The van der Waals surface area contributed by atoms with Crippen LogP contribution >= 0.6 is 0 Å². The molecule has 7 nitrogen and oxygen atoms in total. The summed E-state index contributed by atoms with van der Waals surface area (Å²) < 4.78 is 21.0. The van der Waals surface area contributed by atoms with Gasteiger partial charge in [-0.15, -0.1) is 0 Å². The number of ether oxygens (including phenoxy) is 4. The summed E-state index contributed by atoms with van der Waals surface area (Å²) in [6, 6.07) is 10.2. The number of benzene rings is 2. The number of hydrogen-bond donors (Lipinski definition) is 0. The summed E-state index contributed by atoms with van der Waals surface area (Å²) in [6.07, 6.45) is 0.643. The smallest absolute Gasteiger partial charge is 0.218 e. The van der Waals surface area contributed by atoms with Gasteiger partial charge in [0, 0.05) is 12.1 Å². The largest absolute Gasteiger partial charge is 0.495 e. The molecule has 0 aliphatic heterocycles. The van der Waals surface area contributed by atoms with Crippen molar-refractivity contribution in [2.75, 3.05) is 33.3 Å². The summed E-state index contributed by atoms with van der Waals surface area (Å²) in [5.41, 5.74) is 1.32. The van der Waals surface area contributed by atoms with Crippen LogP contribution in [0.1, 0.15) is 5.56 Å². The van der Waals surface area contributed by atoms with E-state index in [1.165, 1.54) is 33.3 Å². The average Bonchev–Trinajstić information content (AvgIpc) is 2.67. The maximum absolute atomic E-state index is 11.7. The van der Waals surface area contributed by atoms with Gasteiger partial charge in [0.15, 0.2) is 11.5 Å². The first kappa shape index (κ1) is 17.9. The molecule has 0 spiro atoms. The Morgan fingerprint density at radius 2 is 1.48 bits per heavy atom. The molecule has 7 heteroatoms. The van der Waals surface area contributed by atoms with Gasteiger partial charge in [-0.05, 0) is 18.2 Å². The zero-order valence-corrected chi connectivity index (χ0v) is 14.4. The Morgan fingerprint density at radius 3 is 1.92 bits per heavy atom. The second kappa shape index (κ2) is 7.93. The van der Waals surface area contributed by atoms with E-state index >= 15 is 0 Å². The van der Waals surface area contributed by atoms with E-state index in [0.29, 0.717) is 46.3 Å². The molecule has 0 atom stereocenters. The maximum atomic E-state index is 11.7. The molecule has 0 saturated heterocycles. The van der Waals surface area contributed by atoms with Gasteiger partial charge in [0.25, 0.3) is 0 Å². The Kier molecular flexibility index (Phi) is 5.69. The van der Waals surface area contributed by atoms with Gasteiger partial charge in [-0.1, -0.05) is 0 Å². The van der Waals surface area contributed by atoms with E-state index in [1.54, 1.807) is 30.3 Å². The van der Waals surface area contributed by atoms with Gasteiger partial charge in [0.05, 0.1) is 45.4 Å². The summed E-state index contributed by atoms with van der Waals surface area (Å²) in [4.78, 5) is 13.1. The molecule has 0 aliphatic rings. The van der Waals surface area contributed by atoms with E-state index in [1.807, 2.05) is 6.07 Å². The minimum absolute atomic E-state index is 0.319. The van der Waals surface area contributed by atoms with Crippen LogP contribution < -0.4 is 23.8 Å². The molecule has 25 heavy (non-hydrogen) atoms. The zero-order valence-electron chi connectivity index (χ0n) is 14.4. The van der Waals surface area contributed by atoms with Crippen LogP contribution in [-0.4, -0.2) is 34.8 Å². The fraction of sp³-hybridized carbons (Fsp3) is 0.222. The first-order chi connectivity index (χ1) is 12.1. The number of hydrogen-bond acceptors (Lipinski definition) is 6. The van der Waals surface area contributed by atoms with Crippen molar-refractivity contribution < 1.29 is 23.7 Å². The molecule has 0 bridgehead atoms. The minimum atomic E-state index is 0.319. The molecule has 1 amide bonds. The van der Waals surface area contributed by atoms with Gasteiger partial charge < -0.3 is 18.9 Å². The van der Waals surface area contributed by atoms with Crippen LogP contribution in [0.4, 0.5) is 11.4 Å². The zero-order chi connectivity index (χ0) is 18.4. The Bertz CT molecular complexity index is 789. The van der Waals surface area contributed by atoms with Gasteiger partial charge >= 0.3 is 0 Å². The lowest BCUT2D eigenvalue weighted by Crippen LogP contribution is -2.14. The molecule has 2 aromatic rings. The van der Waals surface area contributed by atoms with E-state index in [4.69, 9.17) is 18.9 Å². The molecule has 0 unspecified atom stereocenters. The van der Waals surface area contributed by atoms with Crippen LogP contribution in [0.5, 0.6) is 23.0 Å². The van der Waals surface area contributed by atoms with Crippen molar-refractivity contribution in [1.82, 2.24) is 0 Å². The van der Waals surface area contributed by atoms with Gasteiger partial charge in [-0.2, -0.15) is 5.26 Å². The third-order valence-corrected chi connectivity index (χ3v) is 3.61. The van der Waals surface area contributed by atoms with Crippen LogP contribution in [0.15, 0.2) is 30.3 Å². The number of rotatable bonds is 7. The number of carbonyl (C=O) groups is 1. The van der Waals surface area contributed by atoms with Crippen LogP contribution in [0.25, 0.3) is 0 Å². The Hall–Kier alpha value is -3.40. The van der Waals surface area contributed by atoms with Crippen LogP contribution in [0.2, 0.25) is 0 Å². The monoisotopic (exact) mass is 342 g/mol. The van der Waals surface area contributed by atoms with Crippen molar-refractivity contribution in [3.8, 4) is 29.1 Å². The second-order valence-corrected chi connectivity index (χ2v) is 4.86. The molecule has 0 aliphatic carbocycles.